The highest BCUT2D eigenvalue weighted by molar-refractivity contribution is 6.16. The van der Waals surface area contributed by atoms with Gasteiger partial charge in [0.05, 0.1) is 36.4 Å². The highest BCUT2D eigenvalue weighted by atomic mass is 16.5. The number of carbonyl (C=O) groups excluding carboxylic acids is 1. The molecule has 3 aliphatic heterocycles. The monoisotopic (exact) mass is 430 g/mol. The zero-order chi connectivity index (χ0) is 22.0. The van der Waals surface area contributed by atoms with Crippen LogP contribution in [0.3, 0.4) is 0 Å². The van der Waals surface area contributed by atoms with Crippen molar-refractivity contribution < 1.29 is 9.53 Å². The fourth-order valence-electron chi connectivity index (χ4n) is 5.10. The summed E-state index contributed by atoms with van der Waals surface area (Å²) >= 11 is 0. The SMILES string of the molecule is Cc1c2c(cn1C)-n1c(C)nnc1[C@H](CC(=O)N1CC3(COC3)C1)N=C2c1ccccc1. The number of hydrogen-bond acceptors (Lipinski definition) is 5. The van der Waals surface area contributed by atoms with Crippen LogP contribution >= 0.6 is 0 Å². The van der Waals surface area contributed by atoms with Crippen LogP contribution in [0.25, 0.3) is 5.69 Å². The Morgan fingerprint density at radius 2 is 1.91 bits per heavy atom. The Morgan fingerprint density at radius 1 is 1.16 bits per heavy atom. The van der Waals surface area contributed by atoms with Crippen LogP contribution in [-0.2, 0) is 16.6 Å². The van der Waals surface area contributed by atoms with Crippen LogP contribution in [0.4, 0.5) is 0 Å². The van der Waals surface area contributed by atoms with Gasteiger partial charge in [-0.05, 0) is 13.8 Å². The summed E-state index contributed by atoms with van der Waals surface area (Å²) in [5, 5.41) is 8.83. The Labute approximate surface area is 186 Å². The summed E-state index contributed by atoms with van der Waals surface area (Å²) in [6.07, 6.45) is 2.38. The predicted octanol–water partition coefficient (Wildman–Crippen LogP) is 2.36. The number of ether oxygens (including phenoxy) is 1. The second kappa shape index (κ2) is 6.87. The molecule has 0 unspecified atom stereocenters. The molecule has 0 radical (unpaired) electrons. The van der Waals surface area contributed by atoms with Gasteiger partial charge in [-0.2, -0.15) is 0 Å². The molecule has 0 bridgehead atoms. The van der Waals surface area contributed by atoms with E-state index in [2.05, 4.69) is 44.6 Å². The van der Waals surface area contributed by atoms with Crippen molar-refractivity contribution in [3.63, 3.8) is 0 Å². The van der Waals surface area contributed by atoms with Crippen LogP contribution in [-0.4, -0.2) is 62.2 Å². The van der Waals surface area contributed by atoms with E-state index < -0.39 is 6.04 Å². The molecule has 32 heavy (non-hydrogen) atoms. The first-order valence-electron chi connectivity index (χ1n) is 11.0. The molecule has 1 atom stereocenters. The van der Waals surface area contributed by atoms with Crippen LogP contribution in [0.5, 0.6) is 0 Å². The molecule has 6 rings (SSSR count). The summed E-state index contributed by atoms with van der Waals surface area (Å²) in [4.78, 5) is 20.3. The number of aryl methyl sites for hydroxylation is 2. The van der Waals surface area contributed by atoms with E-state index in [-0.39, 0.29) is 17.7 Å². The summed E-state index contributed by atoms with van der Waals surface area (Å²) in [6, 6.07) is 9.79. The largest absolute Gasteiger partial charge is 0.380 e. The fourth-order valence-corrected chi connectivity index (χ4v) is 5.10. The van der Waals surface area contributed by atoms with Crippen LogP contribution < -0.4 is 0 Å². The minimum atomic E-state index is -0.398. The third kappa shape index (κ3) is 2.79. The van der Waals surface area contributed by atoms with Crippen LogP contribution in [0.1, 0.15) is 40.9 Å². The number of fused-ring (bicyclic) bond motifs is 3. The van der Waals surface area contributed by atoms with E-state index in [0.717, 1.165) is 66.2 Å². The lowest BCUT2D eigenvalue weighted by Crippen LogP contribution is -2.67. The molecule has 164 valence electrons. The van der Waals surface area contributed by atoms with Crippen molar-refractivity contribution >= 4 is 11.6 Å². The van der Waals surface area contributed by atoms with Gasteiger partial charge in [-0.3, -0.25) is 14.4 Å². The number of nitrogens with zero attached hydrogens (tertiary/aromatic N) is 6. The van der Waals surface area contributed by atoms with E-state index >= 15 is 0 Å². The van der Waals surface area contributed by atoms with Gasteiger partial charge in [0.2, 0.25) is 5.91 Å². The molecule has 2 saturated heterocycles. The summed E-state index contributed by atoms with van der Waals surface area (Å²) in [5.41, 5.74) is 5.31. The quantitative estimate of drug-likeness (QED) is 0.639. The van der Waals surface area contributed by atoms with E-state index in [1.54, 1.807) is 0 Å². The van der Waals surface area contributed by atoms with Gasteiger partial charge in [-0.15, -0.1) is 10.2 Å². The number of rotatable bonds is 3. The molecule has 0 aliphatic carbocycles. The third-order valence-electron chi connectivity index (χ3n) is 7.01. The van der Waals surface area contributed by atoms with Gasteiger partial charge in [0, 0.05) is 43.2 Å². The molecular formula is C24H26N6O2. The molecule has 1 spiro atoms. The molecule has 1 aromatic carbocycles. The van der Waals surface area contributed by atoms with E-state index in [1.165, 1.54) is 0 Å². The van der Waals surface area contributed by atoms with Crippen molar-refractivity contribution in [3.05, 3.63) is 65.0 Å². The summed E-state index contributed by atoms with van der Waals surface area (Å²) in [5.74, 6) is 1.62. The number of aliphatic imine (C=N–C) groups is 1. The Morgan fingerprint density at radius 3 is 2.59 bits per heavy atom. The van der Waals surface area contributed by atoms with E-state index in [9.17, 15) is 4.79 Å². The maximum Gasteiger partial charge on any atom is 0.225 e. The van der Waals surface area contributed by atoms with E-state index in [4.69, 9.17) is 9.73 Å². The Hall–Kier alpha value is -3.26. The number of amides is 1. The number of aromatic nitrogens is 4. The number of benzene rings is 1. The number of hydrogen-bond donors (Lipinski definition) is 0. The molecule has 8 nitrogen and oxygen atoms in total. The van der Waals surface area contributed by atoms with Gasteiger partial charge in [0.25, 0.3) is 0 Å². The molecule has 5 heterocycles. The summed E-state index contributed by atoms with van der Waals surface area (Å²) in [7, 11) is 2.04. The molecule has 0 saturated carbocycles. The Balaban J connectivity index is 1.44. The average molecular weight is 431 g/mol. The topological polar surface area (TPSA) is 77.5 Å². The van der Waals surface area contributed by atoms with Crippen molar-refractivity contribution in [1.82, 2.24) is 24.2 Å². The first kappa shape index (κ1) is 19.4. The van der Waals surface area contributed by atoms with Crippen molar-refractivity contribution in [2.45, 2.75) is 26.3 Å². The second-order valence-corrected chi connectivity index (χ2v) is 9.33. The van der Waals surface area contributed by atoms with Gasteiger partial charge >= 0.3 is 0 Å². The lowest BCUT2D eigenvalue weighted by Gasteiger charge is -2.55. The Bertz CT molecular complexity index is 1240. The molecule has 1 amide bonds. The first-order chi connectivity index (χ1) is 15.5. The van der Waals surface area contributed by atoms with Crippen molar-refractivity contribution in [3.8, 4) is 5.69 Å². The van der Waals surface area contributed by atoms with Gasteiger partial charge in [0.15, 0.2) is 5.82 Å². The van der Waals surface area contributed by atoms with Gasteiger partial charge < -0.3 is 14.2 Å². The van der Waals surface area contributed by atoms with Crippen LogP contribution in [0, 0.1) is 19.3 Å². The molecule has 3 aliphatic rings. The van der Waals surface area contributed by atoms with Crippen LogP contribution in [0.15, 0.2) is 41.5 Å². The standard InChI is InChI=1S/C24H26N6O2/c1-15-21-19(10-28(15)3)30-16(2)26-27-23(30)18(25-22(21)17-7-5-4-6-8-17)9-20(31)29-11-24(12-29)13-32-14-24/h4-8,10,18H,9,11-14H2,1-3H3/t18-/m0/s1. The zero-order valence-electron chi connectivity index (χ0n) is 18.6. The van der Waals surface area contributed by atoms with Crippen molar-refractivity contribution in [2.75, 3.05) is 26.3 Å². The van der Waals surface area contributed by atoms with E-state index in [1.807, 2.05) is 37.1 Å². The lowest BCUT2D eigenvalue weighted by atomic mass is 9.78. The summed E-state index contributed by atoms with van der Waals surface area (Å²) < 4.78 is 9.53. The number of carbonyl (C=O) groups is 1. The van der Waals surface area contributed by atoms with E-state index in [0.29, 0.717) is 0 Å². The second-order valence-electron chi connectivity index (χ2n) is 9.33. The normalized spacial score (nSPS) is 20.7. The van der Waals surface area contributed by atoms with Crippen molar-refractivity contribution in [1.29, 1.82) is 0 Å². The van der Waals surface area contributed by atoms with Gasteiger partial charge in [0.1, 0.15) is 11.9 Å². The lowest BCUT2D eigenvalue weighted by molar-refractivity contribution is -0.195. The first-order valence-corrected chi connectivity index (χ1v) is 11.0. The highest BCUT2D eigenvalue weighted by Crippen LogP contribution is 2.39. The average Bonchev–Trinajstić information content (AvgIpc) is 3.19. The maximum absolute atomic E-state index is 13.2. The predicted molar refractivity (Wildman–Crippen MR) is 119 cm³/mol. The molecule has 2 aromatic heterocycles. The highest BCUT2D eigenvalue weighted by Gasteiger charge is 2.50. The summed E-state index contributed by atoms with van der Waals surface area (Å²) in [6.45, 7) is 7.13. The van der Waals surface area contributed by atoms with Crippen LogP contribution in [0.2, 0.25) is 0 Å². The third-order valence-corrected chi connectivity index (χ3v) is 7.01. The zero-order valence-corrected chi connectivity index (χ0v) is 18.6. The molecule has 3 aromatic rings. The van der Waals surface area contributed by atoms with Gasteiger partial charge in [-0.1, -0.05) is 30.3 Å². The molecule has 2 fully saturated rings. The fraction of sp³-hybridized carbons (Fsp3) is 0.417. The maximum atomic E-state index is 13.2. The number of likely N-dealkylation sites (tertiary alicyclic amines) is 1. The van der Waals surface area contributed by atoms with Gasteiger partial charge in [-0.25, -0.2) is 0 Å². The molecule has 8 heteroatoms. The smallest absolute Gasteiger partial charge is 0.225 e. The molecular weight excluding hydrogens is 404 g/mol. The Kier molecular flexibility index (Phi) is 4.17. The minimum absolute atomic E-state index is 0.111. The molecule has 0 N–H and O–H groups in total. The minimum Gasteiger partial charge on any atom is -0.380 e. The van der Waals surface area contributed by atoms with Crippen molar-refractivity contribution in [2.24, 2.45) is 17.5 Å².